The minimum absolute atomic E-state index is 0.0497. The summed E-state index contributed by atoms with van der Waals surface area (Å²) in [6.45, 7) is 0.0497. The normalized spacial score (nSPS) is 11.1. The molecule has 1 heterocycles. The summed E-state index contributed by atoms with van der Waals surface area (Å²) in [6, 6.07) is 29.8. The van der Waals surface area contributed by atoms with Gasteiger partial charge in [0.1, 0.15) is 12.4 Å². The zero-order chi connectivity index (χ0) is 27.4. The topological polar surface area (TPSA) is 69.7 Å². The van der Waals surface area contributed by atoms with Crippen molar-refractivity contribution in [2.45, 2.75) is 19.2 Å². The molecule has 190 valence electrons. The van der Waals surface area contributed by atoms with Crippen LogP contribution in [0, 0.1) is 22.7 Å². The molecule has 0 unspecified atom stereocenters. The number of fused-ring (bicyclic) bond motifs is 1. The van der Waals surface area contributed by atoms with Crippen molar-refractivity contribution in [3.63, 3.8) is 0 Å². The van der Waals surface area contributed by atoms with Crippen LogP contribution in [0.5, 0.6) is 5.75 Å². The number of ether oxygens (including phenoxy) is 1. The van der Waals surface area contributed by atoms with Crippen molar-refractivity contribution in [2.24, 2.45) is 0 Å². The van der Waals surface area contributed by atoms with Crippen molar-refractivity contribution in [1.82, 2.24) is 4.98 Å². The molecule has 0 atom stereocenters. The molecular weight excluding hydrogens is 499 g/mol. The van der Waals surface area contributed by atoms with Crippen LogP contribution in [-0.4, -0.2) is 4.98 Å². The number of hydrogen-bond donors (Lipinski definition) is 0. The number of benzene rings is 4. The number of pyridine rings is 1. The molecule has 39 heavy (non-hydrogen) atoms. The minimum atomic E-state index is -4.55. The van der Waals surface area contributed by atoms with Gasteiger partial charge in [-0.15, -0.1) is 0 Å². The van der Waals surface area contributed by atoms with E-state index in [0.717, 1.165) is 17.2 Å². The standard InChI is InChI=1S/C32H20F3N3O/c33-32(34,35)29-11-5-10-28-30(25(19-38-31(28)29)14-21-6-2-1-3-7-21)23-8-4-9-27(16-23)39-20-26-15-22(17-36)12-13-24(26)18-37/h1-13,15-16,19H,14,20H2. The van der Waals surface area contributed by atoms with Crippen molar-refractivity contribution in [1.29, 1.82) is 10.5 Å². The lowest BCUT2D eigenvalue weighted by Crippen LogP contribution is -2.07. The van der Waals surface area contributed by atoms with Crippen LogP contribution in [0.2, 0.25) is 0 Å². The third-order valence-corrected chi connectivity index (χ3v) is 6.39. The Kier molecular flexibility index (Phi) is 6.99. The van der Waals surface area contributed by atoms with Crippen LogP contribution in [0.4, 0.5) is 13.2 Å². The van der Waals surface area contributed by atoms with Crippen molar-refractivity contribution >= 4 is 10.9 Å². The molecule has 4 aromatic carbocycles. The fourth-order valence-corrected chi connectivity index (χ4v) is 4.58. The average Bonchev–Trinajstić information content (AvgIpc) is 2.95. The highest BCUT2D eigenvalue weighted by Crippen LogP contribution is 2.39. The number of nitriles is 2. The third kappa shape index (κ3) is 5.44. The fraction of sp³-hybridized carbons (Fsp3) is 0.0938. The smallest absolute Gasteiger partial charge is 0.418 e. The maximum atomic E-state index is 13.8. The Morgan fingerprint density at radius 3 is 2.33 bits per heavy atom. The minimum Gasteiger partial charge on any atom is -0.489 e. The first-order chi connectivity index (χ1) is 18.9. The molecule has 0 N–H and O–H groups in total. The van der Waals surface area contributed by atoms with Gasteiger partial charge in [0.15, 0.2) is 0 Å². The molecule has 0 amide bonds. The number of hydrogen-bond acceptors (Lipinski definition) is 4. The molecule has 0 fully saturated rings. The molecule has 0 saturated heterocycles. The first-order valence-electron chi connectivity index (χ1n) is 12.1. The van der Waals surface area contributed by atoms with Crippen molar-refractivity contribution in [3.8, 4) is 29.0 Å². The summed E-state index contributed by atoms with van der Waals surface area (Å²) in [6.07, 6.45) is -2.56. The van der Waals surface area contributed by atoms with Gasteiger partial charge in [-0.2, -0.15) is 23.7 Å². The van der Waals surface area contributed by atoms with Gasteiger partial charge in [-0.1, -0.05) is 54.6 Å². The molecule has 0 bridgehead atoms. The Balaban J connectivity index is 1.59. The molecular formula is C32H20F3N3O. The van der Waals surface area contributed by atoms with Gasteiger partial charge in [0.05, 0.1) is 34.3 Å². The van der Waals surface area contributed by atoms with E-state index in [2.05, 4.69) is 17.1 Å². The second-order valence-electron chi connectivity index (χ2n) is 8.93. The van der Waals surface area contributed by atoms with Gasteiger partial charge in [-0.25, -0.2) is 0 Å². The molecule has 5 aromatic rings. The second kappa shape index (κ2) is 10.7. The number of aromatic nitrogens is 1. The molecule has 0 spiro atoms. The number of nitrogens with zero attached hydrogens (tertiary/aromatic N) is 3. The molecule has 0 saturated carbocycles. The van der Waals surface area contributed by atoms with Crippen LogP contribution in [0.1, 0.15) is 33.4 Å². The van der Waals surface area contributed by atoms with Gasteiger partial charge in [-0.3, -0.25) is 4.98 Å². The van der Waals surface area contributed by atoms with Gasteiger partial charge < -0.3 is 4.74 Å². The highest BCUT2D eigenvalue weighted by Gasteiger charge is 2.33. The Morgan fingerprint density at radius 1 is 0.795 bits per heavy atom. The highest BCUT2D eigenvalue weighted by molar-refractivity contribution is 5.98. The van der Waals surface area contributed by atoms with Gasteiger partial charge in [0, 0.05) is 17.1 Å². The van der Waals surface area contributed by atoms with Gasteiger partial charge in [0.25, 0.3) is 0 Å². The average molecular weight is 520 g/mol. The summed E-state index contributed by atoms with van der Waals surface area (Å²) in [7, 11) is 0. The second-order valence-corrected chi connectivity index (χ2v) is 8.93. The van der Waals surface area contributed by atoms with Gasteiger partial charge in [-0.05, 0) is 65.1 Å². The number of halogens is 3. The molecule has 0 aliphatic carbocycles. The van der Waals surface area contributed by atoms with Crippen molar-refractivity contribution in [2.75, 3.05) is 0 Å². The van der Waals surface area contributed by atoms with E-state index in [9.17, 15) is 23.7 Å². The number of para-hydroxylation sites is 1. The van der Waals surface area contributed by atoms with Gasteiger partial charge in [0.2, 0.25) is 0 Å². The van der Waals surface area contributed by atoms with Crippen LogP contribution >= 0.6 is 0 Å². The Bertz CT molecular complexity index is 1750. The van der Waals surface area contributed by atoms with E-state index in [1.807, 2.05) is 36.4 Å². The van der Waals surface area contributed by atoms with Crippen LogP contribution in [0.15, 0.2) is 97.2 Å². The predicted octanol–water partition coefficient (Wildman–Crippen LogP) is 7.83. The molecule has 1 aromatic heterocycles. The monoisotopic (exact) mass is 519 g/mol. The molecule has 0 aliphatic heterocycles. The molecule has 0 radical (unpaired) electrons. The first kappa shape index (κ1) is 25.5. The number of alkyl halides is 3. The summed E-state index contributed by atoms with van der Waals surface area (Å²) < 4.78 is 47.5. The number of rotatable bonds is 6. The van der Waals surface area contributed by atoms with Crippen LogP contribution in [0.3, 0.4) is 0 Å². The summed E-state index contributed by atoms with van der Waals surface area (Å²) in [5.41, 5.74) is 3.57. The zero-order valence-corrected chi connectivity index (χ0v) is 20.5. The van der Waals surface area contributed by atoms with Crippen molar-refractivity contribution in [3.05, 3.63) is 131 Å². The fourth-order valence-electron chi connectivity index (χ4n) is 4.58. The molecule has 5 rings (SSSR count). The quantitative estimate of drug-likeness (QED) is 0.229. The van der Waals surface area contributed by atoms with E-state index in [-0.39, 0.29) is 12.1 Å². The highest BCUT2D eigenvalue weighted by atomic mass is 19.4. The summed E-state index contributed by atoms with van der Waals surface area (Å²) >= 11 is 0. The van der Waals surface area contributed by atoms with E-state index in [0.29, 0.717) is 45.4 Å². The first-order valence-corrected chi connectivity index (χ1v) is 12.1. The molecule has 4 nitrogen and oxygen atoms in total. The SMILES string of the molecule is N#Cc1ccc(C#N)c(COc2cccc(-c3c(Cc4ccccc4)cnc4c(C(F)(F)F)cccc34)c2)c1. The lowest BCUT2D eigenvalue weighted by Gasteiger charge is -2.17. The van der Waals surface area contributed by atoms with E-state index in [1.54, 1.807) is 42.5 Å². The molecule has 0 aliphatic rings. The third-order valence-electron chi connectivity index (χ3n) is 6.39. The Hall–Kier alpha value is -5.14. The summed E-state index contributed by atoms with van der Waals surface area (Å²) in [4.78, 5) is 4.26. The summed E-state index contributed by atoms with van der Waals surface area (Å²) in [5.74, 6) is 0.473. The summed E-state index contributed by atoms with van der Waals surface area (Å²) in [5, 5.41) is 19.0. The van der Waals surface area contributed by atoms with Crippen LogP contribution in [-0.2, 0) is 19.2 Å². The van der Waals surface area contributed by atoms with Crippen molar-refractivity contribution < 1.29 is 17.9 Å². The van der Waals surface area contributed by atoms with E-state index in [4.69, 9.17) is 4.74 Å². The lowest BCUT2D eigenvalue weighted by molar-refractivity contribution is -0.136. The van der Waals surface area contributed by atoms with E-state index in [1.165, 1.54) is 12.3 Å². The Morgan fingerprint density at radius 2 is 1.59 bits per heavy atom. The maximum absolute atomic E-state index is 13.8. The largest absolute Gasteiger partial charge is 0.489 e. The van der Waals surface area contributed by atoms with Gasteiger partial charge >= 0.3 is 6.18 Å². The predicted molar refractivity (Wildman–Crippen MR) is 142 cm³/mol. The van der Waals surface area contributed by atoms with Crippen LogP contribution in [0.25, 0.3) is 22.0 Å². The maximum Gasteiger partial charge on any atom is 0.418 e. The lowest BCUT2D eigenvalue weighted by atomic mass is 9.92. The van der Waals surface area contributed by atoms with Crippen LogP contribution < -0.4 is 4.74 Å². The molecule has 7 heteroatoms. The van der Waals surface area contributed by atoms with E-state index >= 15 is 0 Å². The zero-order valence-electron chi connectivity index (χ0n) is 20.5. The Labute approximate surface area is 223 Å². The van der Waals surface area contributed by atoms with E-state index < -0.39 is 11.7 Å².